The Labute approximate surface area is 321 Å². The molecule has 0 saturated heterocycles. The van der Waals surface area contributed by atoms with E-state index in [1.165, 1.54) is 67.3 Å². The second-order valence-corrected chi connectivity index (χ2v) is 25.0. The molecule has 0 aromatic heterocycles. The third-order valence-corrected chi connectivity index (χ3v) is 17.5. The van der Waals surface area contributed by atoms with Crippen molar-refractivity contribution in [3.05, 3.63) is 88.4 Å². The maximum Gasteiger partial charge on any atom is 0.0184 e. The fraction of sp³-hybridized carbons (Fsp3) is 0.591. The summed E-state index contributed by atoms with van der Waals surface area (Å²) < 4.78 is 1.88. The Morgan fingerprint density at radius 2 is 0.920 bits per heavy atom. The topological polar surface area (TPSA) is 6.48 Å². The van der Waals surface area contributed by atoms with Gasteiger partial charge in [0.15, 0.2) is 0 Å². The van der Waals surface area contributed by atoms with Crippen LogP contribution in [0.5, 0.6) is 0 Å². The molecule has 2 aromatic rings. The third-order valence-electron chi connectivity index (χ3n) is 11.1. The number of rotatable bonds is 6. The van der Waals surface area contributed by atoms with Crippen LogP contribution < -0.4 is 9.80 Å². The van der Waals surface area contributed by atoms with Crippen molar-refractivity contribution in [1.82, 2.24) is 0 Å². The molecular weight excluding hydrogens is 759 g/mol. The fourth-order valence-corrected chi connectivity index (χ4v) is 15.8. The molecule has 0 radical (unpaired) electrons. The van der Waals surface area contributed by atoms with Gasteiger partial charge in [-0.25, -0.2) is 0 Å². The van der Waals surface area contributed by atoms with Gasteiger partial charge in [0.1, 0.15) is 0 Å². The summed E-state index contributed by atoms with van der Waals surface area (Å²) in [7, 11) is 11.0. The van der Waals surface area contributed by atoms with E-state index in [1.54, 1.807) is 96.3 Å². The van der Waals surface area contributed by atoms with Crippen LogP contribution in [0.1, 0.15) is 144 Å². The molecule has 1 heterocycles. The first-order chi connectivity index (χ1) is 23.9. The number of allylic oxidation sites excluding steroid dienone is 2. The van der Waals surface area contributed by atoms with Gasteiger partial charge in [0.2, 0.25) is 0 Å². The fourth-order valence-electron chi connectivity index (χ4n) is 9.25. The van der Waals surface area contributed by atoms with Gasteiger partial charge in [-0.05, 0) is 153 Å². The first-order valence-electron chi connectivity index (χ1n) is 19.5. The molecule has 50 heavy (non-hydrogen) atoms. The molecule has 0 bridgehead atoms. The van der Waals surface area contributed by atoms with Crippen LogP contribution in [0.15, 0.2) is 48.3 Å². The molecule has 0 amide bonds. The number of benzene rings is 2. The number of hydrogen-bond donors (Lipinski definition) is 0. The number of halogens is 2. The summed E-state index contributed by atoms with van der Waals surface area (Å²) in [6, 6.07) is 8.98. The summed E-state index contributed by atoms with van der Waals surface area (Å²) in [5.74, 6) is 0. The van der Waals surface area contributed by atoms with E-state index in [-0.39, 0.29) is 7.92 Å². The smallest absolute Gasteiger partial charge is 0.0184 e. The summed E-state index contributed by atoms with van der Waals surface area (Å²) >= 11 is -1.52. The average molecular weight is 827 g/mol. The van der Waals surface area contributed by atoms with Crippen LogP contribution in [0.3, 0.4) is 0 Å². The quantitative estimate of drug-likeness (QED) is 0.163. The van der Waals surface area contributed by atoms with Gasteiger partial charge >= 0.3 is 63.0 Å². The average Bonchev–Trinajstić information content (AvgIpc) is 3.54. The molecule has 4 aliphatic rings. The van der Waals surface area contributed by atoms with Crippen LogP contribution in [-0.2, 0) is 13.5 Å². The summed E-state index contributed by atoms with van der Waals surface area (Å²) in [5, 5.41) is 0. The molecule has 3 aliphatic carbocycles. The standard InChI is InChI=1S/C21H25N2.C18H33P.C5H8.2ClH.Ru/c1-14-9-16(3)20(17(4)10-14)22-7-8-23(13-22)21-18(5)11-15(2)12-19(21)6;1-4-10-16(11-5-1)19(17-12-6-2-7-13-17)18-14-8-3-9-15-18;1-4-5(2)3;;;/h7-13H,1-6H3;16-18H,1-15H2;1,4H,2-3H3;2*1H;/q-1;;;;;+2/p-1. The molecule has 280 valence electrons. The van der Waals surface area contributed by atoms with Gasteiger partial charge in [0.05, 0.1) is 17.0 Å². The second-order valence-electron chi connectivity index (χ2n) is 15.8. The van der Waals surface area contributed by atoms with Gasteiger partial charge in [-0.2, -0.15) is 0 Å². The Hall–Kier alpha value is -0.977. The van der Waals surface area contributed by atoms with E-state index in [0.29, 0.717) is 0 Å². The zero-order valence-electron chi connectivity index (χ0n) is 32.5. The summed E-state index contributed by atoms with van der Waals surface area (Å²) in [5.41, 5.74) is 15.3. The molecule has 0 spiro atoms. The van der Waals surface area contributed by atoms with E-state index in [9.17, 15) is 0 Å². The van der Waals surface area contributed by atoms with E-state index in [1.807, 2.05) is 24.5 Å². The third kappa shape index (κ3) is 12.6. The van der Waals surface area contributed by atoms with Crippen molar-refractivity contribution in [3.63, 3.8) is 0 Å². The predicted molar refractivity (Wildman–Crippen MR) is 226 cm³/mol. The molecule has 0 N–H and O–H groups in total. The van der Waals surface area contributed by atoms with E-state index in [2.05, 4.69) is 94.7 Å². The number of aryl methyl sites for hydroxylation is 6. The Bertz CT molecular complexity index is 1290. The molecule has 6 heteroatoms. The normalized spacial score (nSPS) is 19.1. The summed E-state index contributed by atoms with van der Waals surface area (Å²) in [6.45, 7) is 19.2. The molecule has 3 fully saturated rings. The van der Waals surface area contributed by atoms with Crippen molar-refractivity contribution in [2.75, 3.05) is 9.80 Å². The number of hydrogen-bond acceptors (Lipinski definition) is 2. The summed E-state index contributed by atoms with van der Waals surface area (Å²) in [4.78, 5) is 4.45. The predicted octanol–water partition coefficient (Wildman–Crippen LogP) is 14.3. The van der Waals surface area contributed by atoms with Crippen LogP contribution >= 0.6 is 27.3 Å². The molecule has 2 nitrogen and oxygen atoms in total. The Balaban J connectivity index is 0.000000188. The largest absolute Gasteiger partial charge is 0.479 e. The van der Waals surface area contributed by atoms with Gasteiger partial charge in [-0.3, -0.25) is 0 Å². The van der Waals surface area contributed by atoms with E-state index in [0.717, 1.165) is 0 Å². The van der Waals surface area contributed by atoms with Gasteiger partial charge < -0.3 is 9.80 Å². The van der Waals surface area contributed by atoms with E-state index in [4.69, 9.17) is 19.4 Å². The van der Waals surface area contributed by atoms with E-state index >= 15 is 0 Å². The van der Waals surface area contributed by atoms with Crippen LogP contribution in [0.25, 0.3) is 0 Å². The van der Waals surface area contributed by atoms with Crippen molar-refractivity contribution in [1.29, 1.82) is 0 Å². The van der Waals surface area contributed by atoms with Crippen molar-refractivity contribution >= 4 is 43.3 Å². The van der Waals surface area contributed by atoms with Gasteiger partial charge in [-0.1, -0.05) is 54.7 Å². The van der Waals surface area contributed by atoms with Gasteiger partial charge in [-0.15, -0.1) is 6.67 Å². The van der Waals surface area contributed by atoms with Crippen LogP contribution in [0.4, 0.5) is 11.4 Å². The van der Waals surface area contributed by atoms with Crippen molar-refractivity contribution in [2.24, 2.45) is 0 Å². The minimum Gasteiger partial charge on any atom is -0.479 e. The van der Waals surface area contributed by atoms with Gasteiger partial charge in [0, 0.05) is 19.3 Å². The zero-order valence-corrected chi connectivity index (χ0v) is 36.8. The minimum atomic E-state index is -1.52. The maximum absolute atomic E-state index is 5.53. The number of nitrogens with zero attached hydrogens (tertiary/aromatic N) is 2. The Kier molecular flexibility index (Phi) is 17.6. The number of anilines is 2. The molecule has 6 rings (SSSR count). The molecule has 0 unspecified atom stereocenters. The van der Waals surface area contributed by atoms with Crippen LogP contribution in [0.2, 0.25) is 0 Å². The van der Waals surface area contributed by atoms with E-state index < -0.39 is 13.5 Å². The zero-order chi connectivity index (χ0) is 36.2. The SMILES string of the molecule is C1CCC([PH+](C2CCCCC2)C2CCCCC2)CC1.CC(C)=C[CH]=[Ru]([Cl])[Cl].Cc1cc(C)c(N2C=CN(c3c(C)cc(C)cc3C)[CH-]2)c(C)c1. The van der Waals surface area contributed by atoms with Gasteiger partial charge in [0.25, 0.3) is 0 Å². The van der Waals surface area contributed by atoms with Crippen LogP contribution in [0, 0.1) is 48.2 Å². The molecule has 0 atom stereocenters. The molecular formula is C44H67Cl2N2PRu. The first kappa shape index (κ1) is 41.8. The second kappa shape index (κ2) is 21.1. The van der Waals surface area contributed by atoms with Crippen molar-refractivity contribution in [2.45, 2.75) is 169 Å². The monoisotopic (exact) mass is 826 g/mol. The Morgan fingerprint density at radius 1 is 0.600 bits per heavy atom. The summed E-state index contributed by atoms with van der Waals surface area (Å²) in [6.07, 6.45) is 30.0. The van der Waals surface area contributed by atoms with Crippen molar-refractivity contribution < 1.29 is 13.5 Å². The maximum atomic E-state index is 5.53. The molecule has 3 saturated carbocycles. The first-order valence-corrected chi connectivity index (χ1v) is 26.7. The van der Waals surface area contributed by atoms with Crippen LogP contribution in [-0.4, -0.2) is 21.6 Å². The molecule has 2 aromatic carbocycles. The van der Waals surface area contributed by atoms with Crippen molar-refractivity contribution in [3.8, 4) is 0 Å². The molecule has 1 aliphatic heterocycles. The Morgan fingerprint density at radius 3 is 1.18 bits per heavy atom. The minimum absolute atomic E-state index is 0.0465.